The maximum Gasteiger partial charge on any atom is 0.240 e. The molecule has 2 aromatic rings. The van der Waals surface area contributed by atoms with Crippen LogP contribution in [0.2, 0.25) is 0 Å². The highest BCUT2D eigenvalue weighted by Crippen LogP contribution is 2.20. The number of amides is 2. The number of aromatic nitrogens is 1. The van der Waals surface area contributed by atoms with E-state index in [4.69, 9.17) is 5.73 Å². The second kappa shape index (κ2) is 4.91. The van der Waals surface area contributed by atoms with Crippen molar-refractivity contribution >= 4 is 22.7 Å². The number of rotatable bonds is 4. The van der Waals surface area contributed by atoms with Crippen LogP contribution >= 0.6 is 0 Å². The fourth-order valence-corrected chi connectivity index (χ4v) is 1.83. The van der Waals surface area contributed by atoms with Gasteiger partial charge in [-0.3, -0.25) is 9.59 Å². The van der Waals surface area contributed by atoms with Gasteiger partial charge in [0.25, 0.3) is 0 Å². The number of nitrogens with two attached hydrogens (primary N) is 1. The third-order valence-corrected chi connectivity index (χ3v) is 2.63. The molecule has 1 atom stereocenters. The predicted molar refractivity (Wildman–Crippen MR) is 68.5 cm³/mol. The third kappa shape index (κ3) is 2.51. The number of hydrogen-bond acceptors (Lipinski definition) is 2. The summed E-state index contributed by atoms with van der Waals surface area (Å²) < 4.78 is 0. The van der Waals surface area contributed by atoms with E-state index < -0.39 is 11.9 Å². The number of hydrogen-bond donors (Lipinski definition) is 3. The lowest BCUT2D eigenvalue weighted by Crippen LogP contribution is -2.44. The zero-order valence-electron chi connectivity index (χ0n) is 9.94. The van der Waals surface area contributed by atoms with Crippen LogP contribution in [0.4, 0.5) is 0 Å². The maximum absolute atomic E-state index is 11.3. The van der Waals surface area contributed by atoms with Gasteiger partial charge < -0.3 is 16.0 Å². The van der Waals surface area contributed by atoms with Crippen molar-refractivity contribution in [1.29, 1.82) is 0 Å². The van der Waals surface area contributed by atoms with Crippen LogP contribution in [-0.4, -0.2) is 22.8 Å². The van der Waals surface area contributed by atoms with E-state index in [1.165, 1.54) is 6.92 Å². The average Bonchev–Trinajstić information content (AvgIpc) is 2.71. The number of aromatic amines is 1. The van der Waals surface area contributed by atoms with E-state index >= 15 is 0 Å². The molecule has 0 saturated heterocycles. The van der Waals surface area contributed by atoms with Crippen molar-refractivity contribution < 1.29 is 9.59 Å². The van der Waals surface area contributed by atoms with Crippen LogP contribution in [0.5, 0.6) is 0 Å². The molecule has 1 unspecified atom stereocenters. The molecule has 1 aromatic heterocycles. The maximum atomic E-state index is 11.3. The van der Waals surface area contributed by atoms with Crippen molar-refractivity contribution in [2.45, 2.75) is 13.0 Å². The van der Waals surface area contributed by atoms with E-state index in [-0.39, 0.29) is 5.91 Å². The Morgan fingerprint density at radius 1 is 1.39 bits per heavy atom. The Morgan fingerprint density at radius 2 is 2.11 bits per heavy atom. The Balaban J connectivity index is 2.26. The number of carbonyl (C=O) groups is 2. The lowest BCUT2D eigenvalue weighted by Gasteiger charge is -2.13. The van der Waals surface area contributed by atoms with Gasteiger partial charge >= 0.3 is 0 Å². The van der Waals surface area contributed by atoms with E-state index in [1.807, 2.05) is 24.3 Å². The standard InChI is InChI=1S/C13H14N3O2/c1-8(17)16-12(13(14)18)6-9-7-15-11-5-3-2-4-10(9)11/h2-7,12,15H,1H3,(H2,14,18)(H,16,17). The molecule has 93 valence electrons. The summed E-state index contributed by atoms with van der Waals surface area (Å²) in [6, 6.07) is 6.89. The minimum atomic E-state index is -0.804. The fourth-order valence-electron chi connectivity index (χ4n) is 1.83. The van der Waals surface area contributed by atoms with Crippen molar-refractivity contribution in [3.63, 3.8) is 0 Å². The monoisotopic (exact) mass is 244 g/mol. The molecule has 0 saturated carbocycles. The van der Waals surface area contributed by atoms with Crippen LogP contribution in [0, 0.1) is 6.42 Å². The van der Waals surface area contributed by atoms with Crippen molar-refractivity contribution in [3.8, 4) is 0 Å². The van der Waals surface area contributed by atoms with Gasteiger partial charge in [-0.15, -0.1) is 0 Å². The highest BCUT2D eigenvalue weighted by atomic mass is 16.2. The van der Waals surface area contributed by atoms with E-state index in [1.54, 1.807) is 12.6 Å². The minimum absolute atomic E-state index is 0.296. The molecule has 0 fully saturated rings. The largest absolute Gasteiger partial charge is 0.368 e. The topological polar surface area (TPSA) is 88.0 Å². The molecule has 0 spiro atoms. The van der Waals surface area contributed by atoms with E-state index in [9.17, 15) is 9.59 Å². The molecule has 1 aromatic carbocycles. The first kappa shape index (κ1) is 12.2. The Bertz CT molecular complexity index is 589. The molecule has 18 heavy (non-hydrogen) atoms. The number of nitrogens with one attached hydrogen (secondary N) is 2. The lowest BCUT2D eigenvalue weighted by atomic mass is 10.0. The van der Waals surface area contributed by atoms with Crippen LogP contribution in [0.15, 0.2) is 30.5 Å². The molecule has 0 aliphatic rings. The highest BCUT2D eigenvalue weighted by Gasteiger charge is 2.18. The summed E-state index contributed by atoms with van der Waals surface area (Å²) in [5.41, 5.74) is 7.05. The SMILES string of the molecule is CC(=O)NC([CH]c1c[nH]c2ccccc12)C(N)=O. The molecular formula is C13H14N3O2. The molecule has 0 bridgehead atoms. The highest BCUT2D eigenvalue weighted by molar-refractivity contribution is 5.90. The predicted octanol–water partition coefficient (Wildman–Crippen LogP) is 0.710. The van der Waals surface area contributed by atoms with Gasteiger partial charge in [0.1, 0.15) is 6.04 Å². The van der Waals surface area contributed by atoms with Gasteiger partial charge in [-0.25, -0.2) is 0 Å². The second-order valence-corrected chi connectivity index (χ2v) is 4.04. The molecule has 4 N–H and O–H groups in total. The van der Waals surface area contributed by atoms with Gasteiger partial charge in [-0.05, 0) is 11.6 Å². The Labute approximate surface area is 104 Å². The first-order chi connectivity index (χ1) is 8.58. The molecule has 2 rings (SSSR count). The summed E-state index contributed by atoms with van der Waals surface area (Å²) in [6.45, 7) is 1.35. The van der Waals surface area contributed by atoms with Crippen LogP contribution in [-0.2, 0) is 9.59 Å². The summed E-state index contributed by atoms with van der Waals surface area (Å²) in [4.78, 5) is 25.4. The second-order valence-electron chi connectivity index (χ2n) is 4.04. The first-order valence-corrected chi connectivity index (χ1v) is 5.55. The Hall–Kier alpha value is -2.30. The van der Waals surface area contributed by atoms with Gasteiger partial charge in [0.2, 0.25) is 11.8 Å². The summed E-state index contributed by atoms with van der Waals surface area (Å²) in [5, 5.41) is 3.48. The number of H-pyrrole nitrogens is 1. The van der Waals surface area contributed by atoms with Gasteiger partial charge in [0.05, 0.1) is 0 Å². The van der Waals surface area contributed by atoms with E-state index in [0.717, 1.165) is 16.5 Å². The first-order valence-electron chi connectivity index (χ1n) is 5.55. The summed E-state index contributed by atoms with van der Waals surface area (Å²) in [5.74, 6) is -0.884. The van der Waals surface area contributed by atoms with Crippen LogP contribution in [0.1, 0.15) is 12.5 Å². The number of benzene rings is 1. The Kier molecular flexibility index (Phi) is 3.32. The van der Waals surface area contributed by atoms with Crippen LogP contribution in [0.3, 0.4) is 0 Å². The van der Waals surface area contributed by atoms with Crippen LogP contribution < -0.4 is 11.1 Å². The number of para-hydroxylation sites is 1. The number of primary amides is 1. The summed E-state index contributed by atoms with van der Waals surface area (Å²) >= 11 is 0. The molecule has 1 heterocycles. The lowest BCUT2D eigenvalue weighted by molar-refractivity contribution is -0.125. The van der Waals surface area contributed by atoms with E-state index in [2.05, 4.69) is 10.3 Å². The van der Waals surface area contributed by atoms with Crippen molar-refractivity contribution in [2.24, 2.45) is 5.73 Å². The molecule has 0 aliphatic carbocycles. The van der Waals surface area contributed by atoms with Crippen molar-refractivity contribution in [3.05, 3.63) is 42.4 Å². The molecular weight excluding hydrogens is 230 g/mol. The molecule has 5 nitrogen and oxygen atoms in total. The van der Waals surface area contributed by atoms with E-state index in [0.29, 0.717) is 0 Å². The summed E-state index contributed by atoms with van der Waals surface area (Å²) in [7, 11) is 0. The Morgan fingerprint density at radius 3 is 2.78 bits per heavy atom. The number of carbonyl (C=O) groups excluding carboxylic acids is 2. The molecule has 2 amide bonds. The van der Waals surface area contributed by atoms with Gasteiger partial charge in [-0.2, -0.15) is 0 Å². The zero-order valence-corrected chi connectivity index (χ0v) is 9.94. The van der Waals surface area contributed by atoms with Crippen LogP contribution in [0.25, 0.3) is 10.9 Å². The number of fused-ring (bicyclic) bond motifs is 1. The van der Waals surface area contributed by atoms with Gasteiger partial charge in [-0.1, -0.05) is 18.2 Å². The zero-order chi connectivity index (χ0) is 13.1. The van der Waals surface area contributed by atoms with Gasteiger partial charge in [0, 0.05) is 30.4 Å². The molecule has 1 radical (unpaired) electrons. The van der Waals surface area contributed by atoms with Gasteiger partial charge in [0.15, 0.2) is 0 Å². The van der Waals surface area contributed by atoms with Crippen molar-refractivity contribution in [1.82, 2.24) is 10.3 Å². The normalized spacial score (nSPS) is 12.3. The molecule has 0 aliphatic heterocycles. The smallest absolute Gasteiger partial charge is 0.240 e. The summed E-state index contributed by atoms with van der Waals surface area (Å²) in [6.07, 6.45) is 3.42. The molecule has 5 heteroatoms. The third-order valence-electron chi connectivity index (χ3n) is 2.63. The fraction of sp³-hybridized carbons (Fsp3) is 0.154. The minimum Gasteiger partial charge on any atom is -0.368 e. The average molecular weight is 244 g/mol. The quantitative estimate of drug-likeness (QED) is 0.739. The van der Waals surface area contributed by atoms with Crippen molar-refractivity contribution in [2.75, 3.05) is 0 Å².